The maximum absolute atomic E-state index is 13.2. The Labute approximate surface area is 118 Å². The summed E-state index contributed by atoms with van der Waals surface area (Å²) in [5, 5.41) is 12.2. The van der Waals surface area contributed by atoms with Crippen molar-refractivity contribution in [3.05, 3.63) is 70.5 Å². The summed E-state index contributed by atoms with van der Waals surface area (Å²) in [5.41, 5.74) is 3.44. The monoisotopic (exact) mass is 268 g/mol. The quantitative estimate of drug-likeness (QED) is 0.914. The summed E-state index contributed by atoms with van der Waals surface area (Å²) in [7, 11) is 0. The van der Waals surface area contributed by atoms with Crippen molar-refractivity contribution in [1.29, 1.82) is 5.26 Å². The van der Waals surface area contributed by atoms with Crippen molar-refractivity contribution in [2.24, 2.45) is 0 Å². The van der Waals surface area contributed by atoms with E-state index in [9.17, 15) is 4.39 Å². The van der Waals surface area contributed by atoms with Crippen LogP contribution in [0.5, 0.6) is 0 Å². The highest BCUT2D eigenvalue weighted by Crippen LogP contribution is 2.15. The molecular formula is C17H17FN2. The maximum Gasteiger partial charge on any atom is 0.140 e. The number of nitrogens with zero attached hydrogens (tertiary/aromatic N) is 1. The lowest BCUT2D eigenvalue weighted by Gasteiger charge is -2.14. The predicted octanol–water partition coefficient (Wildman–Crippen LogP) is 3.86. The van der Waals surface area contributed by atoms with Crippen LogP contribution in [-0.2, 0) is 6.54 Å². The molecule has 3 heteroatoms. The van der Waals surface area contributed by atoms with E-state index in [-0.39, 0.29) is 11.6 Å². The minimum absolute atomic E-state index is 0.0901. The van der Waals surface area contributed by atoms with E-state index < -0.39 is 5.82 Å². The van der Waals surface area contributed by atoms with Gasteiger partial charge in [0.2, 0.25) is 0 Å². The summed E-state index contributed by atoms with van der Waals surface area (Å²) >= 11 is 0. The molecule has 1 unspecified atom stereocenters. The molecule has 2 aromatic carbocycles. The smallest absolute Gasteiger partial charge is 0.140 e. The van der Waals surface area contributed by atoms with E-state index in [1.165, 1.54) is 17.2 Å². The molecule has 0 spiro atoms. The van der Waals surface area contributed by atoms with Gasteiger partial charge in [0.1, 0.15) is 11.9 Å². The van der Waals surface area contributed by atoms with Gasteiger partial charge in [-0.15, -0.1) is 0 Å². The van der Waals surface area contributed by atoms with Crippen LogP contribution in [0.2, 0.25) is 0 Å². The van der Waals surface area contributed by atoms with Crippen molar-refractivity contribution < 1.29 is 4.39 Å². The van der Waals surface area contributed by atoms with Gasteiger partial charge < -0.3 is 5.32 Å². The molecule has 0 saturated carbocycles. The van der Waals surface area contributed by atoms with Crippen molar-refractivity contribution in [2.45, 2.75) is 26.4 Å². The number of halogens is 1. The molecule has 0 radical (unpaired) electrons. The van der Waals surface area contributed by atoms with Crippen molar-refractivity contribution in [3.63, 3.8) is 0 Å². The van der Waals surface area contributed by atoms with Crippen LogP contribution >= 0.6 is 0 Å². The number of nitriles is 1. The molecule has 0 saturated heterocycles. The Morgan fingerprint density at radius 2 is 1.90 bits per heavy atom. The fraction of sp³-hybridized carbons (Fsp3) is 0.235. The molecule has 0 aliphatic rings. The highest BCUT2D eigenvalue weighted by atomic mass is 19.1. The van der Waals surface area contributed by atoms with Gasteiger partial charge in [-0.3, -0.25) is 0 Å². The first-order valence-electron chi connectivity index (χ1n) is 6.58. The third-order valence-electron chi connectivity index (χ3n) is 3.34. The zero-order valence-corrected chi connectivity index (χ0v) is 11.7. The van der Waals surface area contributed by atoms with Gasteiger partial charge in [-0.2, -0.15) is 5.26 Å². The topological polar surface area (TPSA) is 35.8 Å². The Bertz CT molecular complexity index is 626. The van der Waals surface area contributed by atoms with Gasteiger partial charge in [0.15, 0.2) is 0 Å². The van der Waals surface area contributed by atoms with Crippen LogP contribution in [0.4, 0.5) is 4.39 Å². The van der Waals surface area contributed by atoms with Crippen molar-refractivity contribution >= 4 is 0 Å². The molecule has 0 aliphatic carbocycles. The molecular weight excluding hydrogens is 251 g/mol. The van der Waals surface area contributed by atoms with Crippen molar-refractivity contribution in [3.8, 4) is 6.07 Å². The summed E-state index contributed by atoms with van der Waals surface area (Å²) in [6.45, 7) is 4.74. The molecule has 0 bridgehead atoms. The highest BCUT2D eigenvalue weighted by molar-refractivity contribution is 5.34. The van der Waals surface area contributed by atoms with E-state index in [2.05, 4.69) is 43.4 Å². The summed E-state index contributed by atoms with van der Waals surface area (Å²) < 4.78 is 13.2. The molecule has 1 N–H and O–H groups in total. The van der Waals surface area contributed by atoms with Gasteiger partial charge >= 0.3 is 0 Å². The Morgan fingerprint density at radius 3 is 2.55 bits per heavy atom. The van der Waals surface area contributed by atoms with E-state index >= 15 is 0 Å². The molecule has 0 aliphatic heterocycles. The lowest BCUT2D eigenvalue weighted by Crippen LogP contribution is -2.18. The lowest BCUT2D eigenvalue weighted by molar-refractivity contribution is 0.572. The molecule has 2 aromatic rings. The van der Waals surface area contributed by atoms with Crippen LogP contribution in [0.25, 0.3) is 0 Å². The SMILES string of the molecule is Cc1ccc(C(C)NCc2ccc(F)c(C#N)c2)cc1. The minimum atomic E-state index is -0.470. The Hall–Kier alpha value is -2.18. The number of aryl methyl sites for hydroxylation is 1. The van der Waals surface area contributed by atoms with E-state index in [1.807, 2.05) is 6.07 Å². The van der Waals surface area contributed by atoms with Crippen LogP contribution in [0.1, 0.15) is 35.2 Å². The van der Waals surface area contributed by atoms with E-state index in [0.29, 0.717) is 6.54 Å². The third-order valence-corrected chi connectivity index (χ3v) is 3.34. The fourth-order valence-corrected chi connectivity index (χ4v) is 2.01. The minimum Gasteiger partial charge on any atom is -0.306 e. The maximum atomic E-state index is 13.2. The van der Waals surface area contributed by atoms with Gasteiger partial charge in [-0.25, -0.2) is 4.39 Å². The molecule has 1 atom stereocenters. The van der Waals surface area contributed by atoms with E-state index in [4.69, 9.17) is 5.26 Å². The van der Waals surface area contributed by atoms with Crippen molar-refractivity contribution in [2.75, 3.05) is 0 Å². The lowest BCUT2D eigenvalue weighted by atomic mass is 10.1. The molecule has 2 rings (SSSR count). The summed E-state index contributed by atoms with van der Waals surface area (Å²) in [6, 6.07) is 15.0. The molecule has 0 fully saturated rings. The molecule has 20 heavy (non-hydrogen) atoms. The van der Waals surface area contributed by atoms with E-state index in [0.717, 1.165) is 5.56 Å². The first-order chi connectivity index (χ1) is 9.60. The average Bonchev–Trinajstić information content (AvgIpc) is 2.46. The van der Waals surface area contributed by atoms with Gasteiger partial charge in [0, 0.05) is 12.6 Å². The first kappa shape index (κ1) is 14.2. The van der Waals surface area contributed by atoms with Crippen LogP contribution in [-0.4, -0.2) is 0 Å². The number of benzene rings is 2. The third kappa shape index (κ3) is 3.43. The van der Waals surface area contributed by atoms with Crippen LogP contribution in [0.15, 0.2) is 42.5 Å². The summed E-state index contributed by atoms with van der Waals surface area (Å²) in [5.74, 6) is -0.470. The summed E-state index contributed by atoms with van der Waals surface area (Å²) in [6.07, 6.45) is 0. The molecule has 0 aromatic heterocycles. The normalized spacial score (nSPS) is 11.9. The number of hydrogen-bond donors (Lipinski definition) is 1. The van der Waals surface area contributed by atoms with E-state index in [1.54, 1.807) is 12.1 Å². The molecule has 0 heterocycles. The second kappa shape index (κ2) is 6.31. The molecule has 102 valence electrons. The summed E-state index contributed by atoms with van der Waals surface area (Å²) in [4.78, 5) is 0. The van der Waals surface area contributed by atoms with Gasteiger partial charge in [-0.1, -0.05) is 35.9 Å². The van der Waals surface area contributed by atoms with Gasteiger partial charge in [-0.05, 0) is 37.1 Å². The number of rotatable bonds is 4. The predicted molar refractivity (Wildman–Crippen MR) is 77.5 cm³/mol. The average molecular weight is 268 g/mol. The highest BCUT2D eigenvalue weighted by Gasteiger charge is 2.06. The molecule has 2 nitrogen and oxygen atoms in total. The van der Waals surface area contributed by atoms with Gasteiger partial charge in [0.05, 0.1) is 5.56 Å². The number of nitrogens with one attached hydrogen (secondary N) is 1. The second-order valence-corrected chi connectivity index (χ2v) is 4.94. The standard InChI is InChI=1S/C17H17FN2/c1-12-3-6-15(7-4-12)13(2)20-11-14-5-8-17(18)16(9-14)10-19/h3-9,13,20H,11H2,1-2H3. The van der Waals surface area contributed by atoms with Crippen LogP contribution in [0.3, 0.4) is 0 Å². The first-order valence-corrected chi connectivity index (χ1v) is 6.58. The Balaban J connectivity index is 2.01. The molecule has 0 amide bonds. The van der Waals surface area contributed by atoms with Crippen LogP contribution in [0, 0.1) is 24.1 Å². The second-order valence-electron chi connectivity index (χ2n) is 4.94. The number of hydrogen-bond acceptors (Lipinski definition) is 2. The zero-order valence-electron chi connectivity index (χ0n) is 11.7. The zero-order chi connectivity index (χ0) is 14.5. The largest absolute Gasteiger partial charge is 0.306 e. The van der Waals surface area contributed by atoms with Gasteiger partial charge in [0.25, 0.3) is 0 Å². The van der Waals surface area contributed by atoms with Crippen LogP contribution < -0.4 is 5.32 Å². The van der Waals surface area contributed by atoms with Crippen molar-refractivity contribution in [1.82, 2.24) is 5.32 Å². The Kier molecular flexibility index (Phi) is 4.49. The Morgan fingerprint density at radius 1 is 1.20 bits per heavy atom. The fourth-order valence-electron chi connectivity index (χ4n) is 2.01.